The maximum atomic E-state index is 5.30. The van der Waals surface area contributed by atoms with Gasteiger partial charge in [0.2, 0.25) is 5.95 Å². The molecule has 1 aromatic heterocycles. The number of anilines is 1. The summed E-state index contributed by atoms with van der Waals surface area (Å²) in [6, 6.07) is 0. The van der Waals surface area contributed by atoms with Crippen molar-refractivity contribution in [3.8, 4) is 0 Å². The van der Waals surface area contributed by atoms with Gasteiger partial charge in [-0.05, 0) is 18.0 Å². The van der Waals surface area contributed by atoms with Gasteiger partial charge in [-0.3, -0.25) is 0 Å². The van der Waals surface area contributed by atoms with Crippen molar-refractivity contribution in [3.05, 3.63) is 5.01 Å². The van der Waals surface area contributed by atoms with Crippen molar-refractivity contribution in [2.24, 2.45) is 0 Å². The maximum Gasteiger partial charge on any atom is 0.232 e. The highest BCUT2D eigenvalue weighted by atomic mass is 32.1. The van der Waals surface area contributed by atoms with Crippen LogP contribution in [0.1, 0.15) is 18.4 Å². The molecule has 0 spiro atoms. The number of nitrogen functional groups attached to an aromatic ring is 1. The second-order valence-corrected chi connectivity index (χ2v) is 2.63. The summed E-state index contributed by atoms with van der Waals surface area (Å²) in [7, 11) is 0. The predicted molar refractivity (Wildman–Crippen MR) is 38.3 cm³/mol. The number of hydrogen-bond acceptors (Lipinski definition) is 4. The van der Waals surface area contributed by atoms with Gasteiger partial charge >= 0.3 is 0 Å². The van der Waals surface area contributed by atoms with Crippen LogP contribution in [0.3, 0.4) is 0 Å². The SMILES string of the molecule is CCCc1nc(N)ns1. The molecule has 0 aliphatic heterocycles. The van der Waals surface area contributed by atoms with Gasteiger partial charge in [0.15, 0.2) is 0 Å². The summed E-state index contributed by atoms with van der Waals surface area (Å²) < 4.78 is 3.84. The second-order valence-electron chi connectivity index (χ2n) is 1.80. The van der Waals surface area contributed by atoms with Crippen LogP contribution >= 0.6 is 11.5 Å². The molecule has 1 rings (SSSR count). The Morgan fingerprint density at radius 1 is 1.67 bits per heavy atom. The summed E-state index contributed by atoms with van der Waals surface area (Å²) in [6.07, 6.45) is 2.10. The Labute approximate surface area is 58.1 Å². The van der Waals surface area contributed by atoms with E-state index in [9.17, 15) is 0 Å². The largest absolute Gasteiger partial charge is 0.367 e. The summed E-state index contributed by atoms with van der Waals surface area (Å²) in [5.74, 6) is 0.406. The molecule has 9 heavy (non-hydrogen) atoms. The van der Waals surface area contributed by atoms with Crippen LogP contribution in [-0.2, 0) is 6.42 Å². The minimum absolute atomic E-state index is 0.406. The standard InChI is InChI=1S/C5H9N3S/c1-2-3-4-7-5(6)8-9-4/h2-3H2,1H3,(H2,6,8). The lowest BCUT2D eigenvalue weighted by Crippen LogP contribution is -1.86. The van der Waals surface area contributed by atoms with Crippen LogP contribution in [0.4, 0.5) is 5.95 Å². The third-order valence-electron chi connectivity index (χ3n) is 0.948. The van der Waals surface area contributed by atoms with Crippen molar-refractivity contribution in [1.29, 1.82) is 0 Å². The minimum Gasteiger partial charge on any atom is -0.367 e. The molecular formula is C5H9N3S. The third-order valence-corrected chi connectivity index (χ3v) is 1.73. The van der Waals surface area contributed by atoms with Gasteiger partial charge in [-0.1, -0.05) is 6.92 Å². The molecule has 3 nitrogen and oxygen atoms in total. The molecule has 0 fully saturated rings. The molecule has 0 aromatic carbocycles. The van der Waals surface area contributed by atoms with Crippen molar-refractivity contribution in [1.82, 2.24) is 9.36 Å². The Kier molecular flexibility index (Phi) is 2.00. The molecule has 4 heteroatoms. The molecule has 50 valence electrons. The van der Waals surface area contributed by atoms with E-state index in [0.717, 1.165) is 17.8 Å². The van der Waals surface area contributed by atoms with Gasteiger partial charge in [-0.2, -0.15) is 4.37 Å². The van der Waals surface area contributed by atoms with E-state index < -0.39 is 0 Å². The Morgan fingerprint density at radius 3 is 2.89 bits per heavy atom. The van der Waals surface area contributed by atoms with E-state index >= 15 is 0 Å². The lowest BCUT2D eigenvalue weighted by molar-refractivity contribution is 0.910. The topological polar surface area (TPSA) is 51.8 Å². The van der Waals surface area contributed by atoms with Gasteiger partial charge < -0.3 is 5.73 Å². The first kappa shape index (κ1) is 6.48. The summed E-state index contributed by atoms with van der Waals surface area (Å²) in [6.45, 7) is 2.11. The first-order valence-corrected chi connectivity index (χ1v) is 3.68. The third kappa shape index (κ3) is 1.64. The van der Waals surface area contributed by atoms with Crippen LogP contribution in [-0.4, -0.2) is 9.36 Å². The van der Waals surface area contributed by atoms with Crippen LogP contribution in [0.15, 0.2) is 0 Å². The van der Waals surface area contributed by atoms with Crippen LogP contribution in [0, 0.1) is 0 Å². The molecule has 0 unspecified atom stereocenters. The van der Waals surface area contributed by atoms with E-state index in [1.807, 2.05) is 0 Å². The zero-order valence-electron chi connectivity index (χ0n) is 5.29. The number of hydrogen-bond donors (Lipinski definition) is 1. The normalized spacial score (nSPS) is 9.89. The smallest absolute Gasteiger partial charge is 0.232 e. The van der Waals surface area contributed by atoms with Crippen molar-refractivity contribution in [3.63, 3.8) is 0 Å². The quantitative estimate of drug-likeness (QED) is 0.673. The highest BCUT2D eigenvalue weighted by Crippen LogP contribution is 2.06. The fourth-order valence-electron chi connectivity index (χ4n) is 0.583. The molecule has 0 radical (unpaired) electrons. The molecule has 0 bridgehead atoms. The lowest BCUT2D eigenvalue weighted by Gasteiger charge is -1.83. The average Bonchev–Trinajstić information content (AvgIpc) is 2.17. The first-order chi connectivity index (χ1) is 4.33. The van der Waals surface area contributed by atoms with Crippen molar-refractivity contribution in [2.75, 3.05) is 5.73 Å². The molecule has 1 aromatic rings. The zero-order valence-corrected chi connectivity index (χ0v) is 6.11. The van der Waals surface area contributed by atoms with Gasteiger partial charge in [0.1, 0.15) is 5.01 Å². The van der Waals surface area contributed by atoms with Crippen LogP contribution < -0.4 is 5.73 Å². The Hall–Kier alpha value is -0.640. The summed E-state index contributed by atoms with van der Waals surface area (Å²) in [5, 5.41) is 1.04. The summed E-state index contributed by atoms with van der Waals surface area (Å²) in [5.41, 5.74) is 5.30. The van der Waals surface area contributed by atoms with E-state index in [1.54, 1.807) is 0 Å². The minimum atomic E-state index is 0.406. The van der Waals surface area contributed by atoms with E-state index in [1.165, 1.54) is 11.5 Å². The Morgan fingerprint density at radius 2 is 2.44 bits per heavy atom. The zero-order chi connectivity index (χ0) is 6.69. The number of rotatable bonds is 2. The fraction of sp³-hybridized carbons (Fsp3) is 0.600. The highest BCUT2D eigenvalue weighted by Gasteiger charge is 1.96. The number of nitrogens with zero attached hydrogens (tertiary/aromatic N) is 2. The number of aromatic nitrogens is 2. The Balaban J connectivity index is 2.61. The van der Waals surface area contributed by atoms with E-state index in [0.29, 0.717) is 5.95 Å². The van der Waals surface area contributed by atoms with Crippen LogP contribution in [0.25, 0.3) is 0 Å². The van der Waals surface area contributed by atoms with E-state index in [-0.39, 0.29) is 0 Å². The van der Waals surface area contributed by atoms with Crippen molar-refractivity contribution < 1.29 is 0 Å². The van der Waals surface area contributed by atoms with Gasteiger partial charge in [-0.15, -0.1) is 0 Å². The molecule has 0 amide bonds. The fourth-order valence-corrected chi connectivity index (χ4v) is 1.25. The number of nitrogens with two attached hydrogens (primary N) is 1. The monoisotopic (exact) mass is 143 g/mol. The van der Waals surface area contributed by atoms with E-state index in [4.69, 9.17) is 5.73 Å². The van der Waals surface area contributed by atoms with Crippen LogP contribution in [0.2, 0.25) is 0 Å². The maximum absolute atomic E-state index is 5.30. The second kappa shape index (κ2) is 2.77. The molecule has 2 N–H and O–H groups in total. The first-order valence-electron chi connectivity index (χ1n) is 2.91. The van der Waals surface area contributed by atoms with Crippen molar-refractivity contribution in [2.45, 2.75) is 19.8 Å². The molecule has 0 aliphatic rings. The predicted octanol–water partition coefficient (Wildman–Crippen LogP) is 1.07. The molecule has 0 saturated carbocycles. The molecule has 1 heterocycles. The molecular weight excluding hydrogens is 134 g/mol. The molecule has 0 aliphatic carbocycles. The van der Waals surface area contributed by atoms with Gasteiger partial charge in [0.25, 0.3) is 0 Å². The summed E-state index contributed by atoms with van der Waals surface area (Å²) >= 11 is 1.39. The molecule has 0 saturated heterocycles. The highest BCUT2D eigenvalue weighted by molar-refractivity contribution is 7.05. The van der Waals surface area contributed by atoms with Gasteiger partial charge in [0.05, 0.1) is 0 Å². The Bertz CT molecular complexity index is 184. The molecule has 0 atom stereocenters. The average molecular weight is 143 g/mol. The van der Waals surface area contributed by atoms with Crippen molar-refractivity contribution >= 4 is 17.5 Å². The lowest BCUT2D eigenvalue weighted by atomic mass is 10.4. The van der Waals surface area contributed by atoms with E-state index in [2.05, 4.69) is 16.3 Å². The summed E-state index contributed by atoms with van der Waals surface area (Å²) in [4.78, 5) is 3.99. The van der Waals surface area contributed by atoms with Gasteiger partial charge in [-0.25, -0.2) is 4.98 Å². The van der Waals surface area contributed by atoms with Gasteiger partial charge in [0, 0.05) is 6.42 Å². The van der Waals surface area contributed by atoms with Crippen LogP contribution in [0.5, 0.6) is 0 Å². The number of aryl methyl sites for hydroxylation is 1.